The molecule has 8 heteroatoms. The van der Waals surface area contributed by atoms with Gasteiger partial charge in [0.05, 0.1) is 11.4 Å². The molecule has 0 aliphatic rings. The van der Waals surface area contributed by atoms with Gasteiger partial charge in [-0.15, -0.1) is 0 Å². The van der Waals surface area contributed by atoms with Crippen LogP contribution in [0.3, 0.4) is 0 Å². The Hall–Kier alpha value is -1.15. The molecular formula is C10H12ClNO5S. The first kappa shape index (κ1) is 14.9. The van der Waals surface area contributed by atoms with E-state index >= 15 is 0 Å². The van der Waals surface area contributed by atoms with Crippen LogP contribution in [0.5, 0.6) is 0 Å². The monoisotopic (exact) mass is 293 g/mol. The Kier molecular flexibility index (Phi) is 4.33. The zero-order chi connectivity index (χ0) is 14.0. The Morgan fingerprint density at radius 1 is 1.50 bits per heavy atom. The molecule has 0 aliphatic heterocycles. The van der Waals surface area contributed by atoms with E-state index < -0.39 is 28.1 Å². The third-order valence-electron chi connectivity index (χ3n) is 2.17. The van der Waals surface area contributed by atoms with E-state index in [1.807, 2.05) is 4.72 Å². The van der Waals surface area contributed by atoms with E-state index in [0.29, 0.717) is 0 Å². The minimum atomic E-state index is -3.91. The van der Waals surface area contributed by atoms with Gasteiger partial charge in [-0.2, -0.15) is 0 Å². The molecule has 1 aromatic rings. The summed E-state index contributed by atoms with van der Waals surface area (Å²) < 4.78 is 25.6. The molecule has 1 rings (SSSR count). The first-order valence-corrected chi connectivity index (χ1v) is 6.72. The van der Waals surface area contributed by atoms with E-state index in [2.05, 4.69) is 0 Å². The molecule has 0 bridgehead atoms. The summed E-state index contributed by atoms with van der Waals surface area (Å²) in [5.41, 5.74) is -2.17. The van der Waals surface area contributed by atoms with Gasteiger partial charge in [-0.05, 0) is 25.1 Å². The Bertz CT molecular complexity index is 555. The molecule has 0 amide bonds. The second kappa shape index (κ2) is 5.23. The molecule has 0 heterocycles. The number of carbonyl (C=O) groups is 1. The SMILES string of the molecule is CC(O)(CNS(=O)(=O)c1cccc(Cl)c1)C(=O)O. The van der Waals surface area contributed by atoms with Gasteiger partial charge in [-0.3, -0.25) is 0 Å². The van der Waals surface area contributed by atoms with Crippen molar-refractivity contribution in [1.29, 1.82) is 0 Å². The molecule has 0 saturated heterocycles. The van der Waals surface area contributed by atoms with Crippen molar-refractivity contribution in [3.63, 3.8) is 0 Å². The van der Waals surface area contributed by atoms with Gasteiger partial charge in [0, 0.05) is 5.02 Å². The Morgan fingerprint density at radius 2 is 2.11 bits per heavy atom. The van der Waals surface area contributed by atoms with Gasteiger partial charge in [0.25, 0.3) is 0 Å². The van der Waals surface area contributed by atoms with Crippen molar-refractivity contribution in [3.05, 3.63) is 29.3 Å². The molecule has 3 N–H and O–H groups in total. The van der Waals surface area contributed by atoms with Crippen LogP contribution in [-0.4, -0.2) is 36.7 Å². The number of halogens is 1. The molecule has 0 fully saturated rings. The predicted octanol–water partition coefficient (Wildman–Crippen LogP) is 0.454. The van der Waals surface area contributed by atoms with Crippen LogP contribution in [0.4, 0.5) is 0 Å². The van der Waals surface area contributed by atoms with Gasteiger partial charge in [-0.25, -0.2) is 17.9 Å². The van der Waals surface area contributed by atoms with Crippen molar-refractivity contribution in [1.82, 2.24) is 4.72 Å². The fourth-order valence-corrected chi connectivity index (χ4v) is 2.46. The van der Waals surface area contributed by atoms with Gasteiger partial charge >= 0.3 is 5.97 Å². The third-order valence-corrected chi connectivity index (χ3v) is 3.81. The number of carboxylic acid groups (broad SMARTS) is 1. The second-order valence-electron chi connectivity index (χ2n) is 3.86. The normalized spacial score (nSPS) is 15.1. The van der Waals surface area contributed by atoms with Crippen LogP contribution >= 0.6 is 11.6 Å². The molecule has 100 valence electrons. The molecule has 1 unspecified atom stereocenters. The fourth-order valence-electron chi connectivity index (χ4n) is 1.03. The minimum absolute atomic E-state index is 0.101. The van der Waals surface area contributed by atoms with Gasteiger partial charge in [-0.1, -0.05) is 17.7 Å². The highest BCUT2D eigenvalue weighted by Gasteiger charge is 2.31. The summed E-state index contributed by atoms with van der Waals surface area (Å²) in [7, 11) is -3.91. The van der Waals surface area contributed by atoms with Crippen LogP contribution < -0.4 is 4.72 Å². The summed E-state index contributed by atoms with van der Waals surface area (Å²) in [5, 5.41) is 18.3. The second-order valence-corrected chi connectivity index (χ2v) is 6.06. The largest absolute Gasteiger partial charge is 0.479 e. The fraction of sp³-hybridized carbons (Fsp3) is 0.300. The molecule has 0 spiro atoms. The van der Waals surface area contributed by atoms with Gasteiger partial charge in [0.2, 0.25) is 10.0 Å². The third kappa shape index (κ3) is 3.67. The molecule has 0 radical (unpaired) electrons. The van der Waals surface area contributed by atoms with Crippen molar-refractivity contribution in [2.24, 2.45) is 0 Å². The topological polar surface area (TPSA) is 104 Å². The number of rotatable bonds is 5. The Labute approximate surface area is 109 Å². The van der Waals surface area contributed by atoms with Crippen LogP contribution in [0.15, 0.2) is 29.2 Å². The van der Waals surface area contributed by atoms with Crippen molar-refractivity contribution in [3.8, 4) is 0 Å². The van der Waals surface area contributed by atoms with E-state index in [1.54, 1.807) is 0 Å². The highest BCUT2D eigenvalue weighted by Crippen LogP contribution is 2.15. The molecular weight excluding hydrogens is 282 g/mol. The summed E-state index contributed by atoms with van der Waals surface area (Å²) in [5.74, 6) is -1.52. The lowest BCUT2D eigenvalue weighted by molar-refractivity contribution is -0.155. The highest BCUT2D eigenvalue weighted by atomic mass is 35.5. The summed E-state index contributed by atoms with van der Waals surface area (Å²) in [6.07, 6.45) is 0. The first-order valence-electron chi connectivity index (χ1n) is 4.86. The number of nitrogens with one attached hydrogen (secondary N) is 1. The van der Waals surface area contributed by atoms with E-state index in [4.69, 9.17) is 16.7 Å². The summed E-state index contributed by atoms with van der Waals surface area (Å²) in [6.45, 7) is 0.354. The number of hydrogen-bond donors (Lipinski definition) is 3. The zero-order valence-corrected chi connectivity index (χ0v) is 11.0. The average molecular weight is 294 g/mol. The molecule has 6 nitrogen and oxygen atoms in total. The summed E-state index contributed by atoms with van der Waals surface area (Å²) in [4.78, 5) is 10.5. The quantitative estimate of drug-likeness (QED) is 0.731. The molecule has 1 atom stereocenters. The van der Waals surface area contributed by atoms with E-state index in [-0.39, 0.29) is 9.92 Å². The lowest BCUT2D eigenvalue weighted by Gasteiger charge is -2.18. The lowest BCUT2D eigenvalue weighted by Crippen LogP contribution is -2.46. The summed E-state index contributed by atoms with van der Waals surface area (Å²) in [6, 6.07) is 5.49. The molecule has 18 heavy (non-hydrogen) atoms. The Morgan fingerprint density at radius 3 is 2.61 bits per heavy atom. The van der Waals surface area contributed by atoms with E-state index in [1.165, 1.54) is 24.3 Å². The van der Waals surface area contributed by atoms with Crippen molar-refractivity contribution < 1.29 is 23.4 Å². The number of sulfonamides is 1. The molecule has 0 saturated carbocycles. The van der Waals surface area contributed by atoms with Gasteiger partial charge < -0.3 is 10.2 Å². The van der Waals surface area contributed by atoms with Crippen LogP contribution in [0.2, 0.25) is 5.02 Å². The molecule has 0 aliphatic carbocycles. The summed E-state index contributed by atoms with van der Waals surface area (Å²) >= 11 is 5.66. The Balaban J connectivity index is 2.87. The maximum absolute atomic E-state index is 11.8. The van der Waals surface area contributed by atoms with Gasteiger partial charge in [0.15, 0.2) is 5.60 Å². The molecule has 1 aromatic carbocycles. The number of hydrogen-bond acceptors (Lipinski definition) is 4. The number of aliphatic hydroxyl groups is 1. The number of aliphatic carboxylic acids is 1. The van der Waals surface area contributed by atoms with Crippen LogP contribution in [0, 0.1) is 0 Å². The van der Waals surface area contributed by atoms with E-state index in [9.17, 15) is 18.3 Å². The van der Waals surface area contributed by atoms with Crippen molar-refractivity contribution in [2.75, 3.05) is 6.54 Å². The van der Waals surface area contributed by atoms with Crippen LogP contribution in [-0.2, 0) is 14.8 Å². The maximum Gasteiger partial charge on any atom is 0.336 e. The molecule has 0 aromatic heterocycles. The highest BCUT2D eigenvalue weighted by molar-refractivity contribution is 7.89. The van der Waals surface area contributed by atoms with Gasteiger partial charge in [0.1, 0.15) is 0 Å². The van der Waals surface area contributed by atoms with Crippen molar-refractivity contribution in [2.45, 2.75) is 17.4 Å². The van der Waals surface area contributed by atoms with Crippen molar-refractivity contribution >= 4 is 27.6 Å². The lowest BCUT2D eigenvalue weighted by atomic mass is 10.1. The maximum atomic E-state index is 11.8. The minimum Gasteiger partial charge on any atom is -0.479 e. The number of benzene rings is 1. The predicted molar refractivity (Wildman–Crippen MR) is 64.9 cm³/mol. The van der Waals surface area contributed by atoms with E-state index in [0.717, 1.165) is 6.92 Å². The number of carboxylic acids is 1. The first-order chi connectivity index (χ1) is 8.15. The zero-order valence-electron chi connectivity index (χ0n) is 9.42. The standard InChI is InChI=1S/C10H12ClNO5S/c1-10(15,9(13)14)6-12-18(16,17)8-4-2-3-7(11)5-8/h2-5,12,15H,6H2,1H3,(H,13,14). The smallest absolute Gasteiger partial charge is 0.336 e. The average Bonchev–Trinajstić information content (AvgIpc) is 2.26. The van der Waals surface area contributed by atoms with Crippen LogP contribution in [0.25, 0.3) is 0 Å². The van der Waals surface area contributed by atoms with Crippen LogP contribution in [0.1, 0.15) is 6.92 Å².